The molecule has 2 nitrogen and oxygen atoms in total. The number of nitrogens with zero attached hydrogens (tertiary/aromatic N) is 1. The lowest BCUT2D eigenvalue weighted by molar-refractivity contribution is -0.343. The van der Waals surface area contributed by atoms with E-state index in [9.17, 15) is 26.3 Å². The van der Waals surface area contributed by atoms with E-state index in [0.29, 0.717) is 0 Å². The van der Waals surface area contributed by atoms with Crippen LogP contribution in [-0.2, 0) is 0 Å². The molecule has 1 aromatic rings. The summed E-state index contributed by atoms with van der Waals surface area (Å²) in [6.07, 6.45) is -11.4. The number of alkyl halides is 7. The van der Waals surface area contributed by atoms with Crippen LogP contribution in [0.3, 0.4) is 0 Å². The quantitative estimate of drug-likeness (QED) is 0.276. The van der Waals surface area contributed by atoms with E-state index in [4.69, 9.17) is 5.41 Å². The van der Waals surface area contributed by atoms with Gasteiger partial charge in [-0.3, -0.25) is 5.41 Å². The lowest BCUT2D eigenvalue weighted by Gasteiger charge is -2.30. The highest BCUT2D eigenvalue weighted by Gasteiger charge is 2.56. The number of hydrogen-bond donors (Lipinski definition) is 1. The van der Waals surface area contributed by atoms with Crippen molar-refractivity contribution in [2.45, 2.75) is 17.4 Å². The third kappa shape index (κ3) is 3.85. The number of benzene rings is 1. The molecule has 0 saturated heterocycles. The second-order valence-electron chi connectivity index (χ2n) is 3.43. The number of rotatable bonds is 2. The van der Waals surface area contributed by atoms with Gasteiger partial charge in [0.2, 0.25) is 0 Å². The molecule has 106 valence electrons. The topological polar surface area (TPSA) is 27.1 Å². The molecule has 0 fully saturated rings. The highest BCUT2D eigenvalue weighted by Crippen LogP contribution is 2.38. The Hall–Kier alpha value is -1.25. The van der Waals surface area contributed by atoms with E-state index >= 15 is 0 Å². The van der Waals surface area contributed by atoms with E-state index in [-0.39, 0.29) is 5.56 Å². The first-order valence-electron chi connectivity index (χ1n) is 4.76. The lowest BCUT2D eigenvalue weighted by atomic mass is 10.1. The fourth-order valence-electron chi connectivity index (χ4n) is 1.31. The van der Waals surface area contributed by atoms with Gasteiger partial charge >= 0.3 is 12.6 Å². The average Bonchev–Trinajstić information content (AvgIpc) is 2.25. The van der Waals surface area contributed by atoms with Crippen molar-refractivity contribution in [1.82, 2.24) is 4.90 Å². The predicted molar refractivity (Wildman–Crippen MR) is 59.8 cm³/mol. The maximum Gasteiger partial charge on any atom is 0.492 e. The monoisotopic (exact) mass is 348 g/mol. The molecule has 1 aromatic carbocycles. The maximum absolute atomic E-state index is 12.4. The molecule has 1 atom stereocenters. The molecule has 0 aliphatic rings. The van der Waals surface area contributed by atoms with Crippen molar-refractivity contribution < 1.29 is 26.3 Å². The molecule has 0 bridgehead atoms. The summed E-state index contributed by atoms with van der Waals surface area (Å²) < 4.78 is 74.3. The lowest BCUT2D eigenvalue weighted by Crippen LogP contribution is -2.52. The fourth-order valence-corrected chi connectivity index (χ4v) is 1.82. The number of halogens is 7. The molecule has 0 aliphatic heterocycles. The normalized spacial score (nSPS) is 14.1. The van der Waals surface area contributed by atoms with Crippen LogP contribution in [0.4, 0.5) is 26.3 Å². The minimum Gasteiger partial charge on any atom is -0.287 e. The van der Waals surface area contributed by atoms with Gasteiger partial charge in [0.15, 0.2) is 0 Å². The van der Waals surface area contributed by atoms with Crippen molar-refractivity contribution in [3.63, 3.8) is 0 Å². The van der Waals surface area contributed by atoms with Crippen molar-refractivity contribution in [3.8, 4) is 0 Å². The van der Waals surface area contributed by atoms with Crippen LogP contribution in [0, 0.1) is 5.41 Å². The summed E-state index contributed by atoms with van der Waals surface area (Å²) in [7, 11) is 0. The fraction of sp³-hybridized carbons (Fsp3) is 0.300. The number of amidine groups is 1. The van der Waals surface area contributed by atoms with Gasteiger partial charge in [0, 0.05) is 0 Å². The van der Waals surface area contributed by atoms with Crippen LogP contribution in [-0.4, -0.2) is 23.3 Å². The van der Waals surface area contributed by atoms with Crippen LogP contribution in [0.1, 0.15) is 10.4 Å². The minimum atomic E-state index is -5.71. The average molecular weight is 349 g/mol. The highest BCUT2D eigenvalue weighted by atomic mass is 79.9. The Bertz CT molecular complexity index is 428. The first-order chi connectivity index (χ1) is 8.55. The van der Waals surface area contributed by atoms with E-state index in [1.165, 1.54) is 24.3 Å². The molecule has 0 saturated carbocycles. The molecular weight excluding hydrogens is 342 g/mol. The van der Waals surface area contributed by atoms with E-state index in [0.717, 1.165) is 0 Å². The van der Waals surface area contributed by atoms with Gasteiger partial charge in [-0.2, -0.15) is 4.90 Å². The van der Waals surface area contributed by atoms with E-state index < -0.39 is 28.2 Å². The van der Waals surface area contributed by atoms with Gasteiger partial charge in [-0.25, -0.2) is 0 Å². The van der Waals surface area contributed by atoms with Crippen LogP contribution < -0.4 is 0 Å². The molecule has 19 heavy (non-hydrogen) atoms. The van der Waals surface area contributed by atoms with Crippen LogP contribution in [0.15, 0.2) is 30.3 Å². The minimum absolute atomic E-state index is 0.117. The predicted octanol–water partition coefficient (Wildman–Crippen LogP) is 4.44. The van der Waals surface area contributed by atoms with Gasteiger partial charge < -0.3 is 0 Å². The van der Waals surface area contributed by atoms with E-state index in [1.54, 1.807) is 6.07 Å². The van der Waals surface area contributed by atoms with Crippen LogP contribution in [0.2, 0.25) is 0 Å². The molecule has 0 spiro atoms. The van der Waals surface area contributed by atoms with Crippen molar-refractivity contribution in [3.05, 3.63) is 35.9 Å². The van der Waals surface area contributed by atoms with Crippen molar-refractivity contribution >= 4 is 21.8 Å². The van der Waals surface area contributed by atoms with E-state index in [1.807, 2.05) is 0 Å². The molecule has 0 amide bonds. The second-order valence-corrected chi connectivity index (χ2v) is 4.35. The summed E-state index contributed by atoms with van der Waals surface area (Å²) in [5, 5.41) is 7.14. The van der Waals surface area contributed by atoms with Gasteiger partial charge in [0.1, 0.15) is 5.84 Å². The van der Waals surface area contributed by atoms with Crippen LogP contribution >= 0.6 is 15.9 Å². The summed E-state index contributed by atoms with van der Waals surface area (Å²) in [6.45, 7) is 0. The number of nitrogens with one attached hydrogen (secondary N) is 1. The molecule has 1 unspecified atom stereocenters. The third-order valence-corrected chi connectivity index (χ3v) is 3.04. The Morgan fingerprint density at radius 3 is 1.79 bits per heavy atom. The van der Waals surface area contributed by atoms with E-state index in [2.05, 4.69) is 15.9 Å². The largest absolute Gasteiger partial charge is 0.492 e. The number of hydrogen-bond acceptors (Lipinski definition) is 1. The Labute approximate surface area is 112 Å². The van der Waals surface area contributed by atoms with Gasteiger partial charge in [-0.1, -0.05) is 46.3 Å². The van der Waals surface area contributed by atoms with Gasteiger partial charge in [0.05, 0.1) is 4.83 Å². The zero-order chi connectivity index (χ0) is 14.8. The van der Waals surface area contributed by atoms with Gasteiger partial charge in [-0.15, -0.1) is 26.3 Å². The Balaban J connectivity index is 3.09. The molecule has 0 aliphatic carbocycles. The first-order valence-corrected chi connectivity index (χ1v) is 5.68. The molecule has 1 rings (SSSR count). The Morgan fingerprint density at radius 2 is 1.42 bits per heavy atom. The Kier molecular flexibility index (Phi) is 4.49. The first kappa shape index (κ1) is 15.8. The summed E-state index contributed by atoms with van der Waals surface area (Å²) >= 11 is 2.67. The van der Waals surface area contributed by atoms with Crippen LogP contribution in [0.25, 0.3) is 0 Å². The SMILES string of the molecule is N=C(C(Br)c1ccccc1)N(C(F)(F)F)C(F)(F)F. The van der Waals surface area contributed by atoms with Gasteiger partial charge in [-0.05, 0) is 5.56 Å². The standard InChI is InChI=1S/C10H7BrF6N2/c11-7(6-4-2-1-3-5-6)8(18)19(9(12,13)14)10(15,16)17/h1-5,7,18H. The zero-order valence-corrected chi connectivity index (χ0v) is 10.6. The second kappa shape index (κ2) is 5.40. The van der Waals surface area contributed by atoms with Crippen molar-refractivity contribution in [1.29, 1.82) is 5.41 Å². The Morgan fingerprint density at radius 1 is 1.00 bits per heavy atom. The molecule has 1 N–H and O–H groups in total. The summed E-state index contributed by atoms with van der Waals surface area (Å²) in [5.74, 6) is -1.65. The molecule has 9 heteroatoms. The van der Waals surface area contributed by atoms with Crippen LogP contribution in [0.5, 0.6) is 0 Å². The molecule has 0 radical (unpaired) electrons. The molecule has 0 aromatic heterocycles. The zero-order valence-electron chi connectivity index (χ0n) is 9.06. The summed E-state index contributed by atoms with van der Waals surface area (Å²) in [5.41, 5.74) is 0.117. The maximum atomic E-state index is 12.4. The van der Waals surface area contributed by atoms with Crippen molar-refractivity contribution in [2.75, 3.05) is 0 Å². The third-order valence-electron chi connectivity index (χ3n) is 2.08. The van der Waals surface area contributed by atoms with Crippen molar-refractivity contribution in [2.24, 2.45) is 0 Å². The summed E-state index contributed by atoms with van der Waals surface area (Å²) in [4.78, 5) is -3.34. The molecular formula is C10H7BrF6N2. The molecule has 0 heterocycles. The summed E-state index contributed by atoms with van der Waals surface area (Å²) in [6, 6.07) is 7.08. The van der Waals surface area contributed by atoms with Gasteiger partial charge in [0.25, 0.3) is 0 Å². The highest BCUT2D eigenvalue weighted by molar-refractivity contribution is 9.09. The smallest absolute Gasteiger partial charge is 0.287 e.